The lowest BCUT2D eigenvalue weighted by Crippen LogP contribution is -2.46. The molecular weight excluding hydrogens is 424 g/mol. The first kappa shape index (κ1) is 21.0. The van der Waals surface area contributed by atoms with Gasteiger partial charge in [0.25, 0.3) is 0 Å². The van der Waals surface area contributed by atoms with Crippen LogP contribution in [-0.2, 0) is 13.1 Å². The summed E-state index contributed by atoms with van der Waals surface area (Å²) in [5.74, 6) is 1.91. The molecule has 0 radical (unpaired) electrons. The van der Waals surface area contributed by atoms with Crippen LogP contribution in [0.1, 0.15) is 11.1 Å². The Hall–Kier alpha value is -3.92. The van der Waals surface area contributed by atoms with Crippen molar-refractivity contribution in [1.29, 1.82) is 0 Å². The van der Waals surface area contributed by atoms with Gasteiger partial charge in [-0.25, -0.2) is 9.97 Å². The molecule has 33 heavy (non-hydrogen) atoms. The molecule has 2 aromatic carbocycles. The number of benzene rings is 2. The molecule has 10 nitrogen and oxygen atoms in total. The fourth-order valence-corrected chi connectivity index (χ4v) is 4.09. The molecule has 1 fully saturated rings. The number of nitro groups is 1. The SMILES string of the molecule is O=[N+]([O-])c1c(NCc2ccc3c(c2)OCO3)ncnc1N1CCN(Cc2ccccc2)CC1. The Labute approximate surface area is 190 Å². The van der Waals surface area contributed by atoms with Crippen LogP contribution in [0.15, 0.2) is 54.9 Å². The molecule has 1 aromatic heterocycles. The van der Waals surface area contributed by atoms with Gasteiger partial charge in [0, 0.05) is 39.3 Å². The molecule has 0 amide bonds. The summed E-state index contributed by atoms with van der Waals surface area (Å²) in [6, 6.07) is 15.9. The lowest BCUT2D eigenvalue weighted by molar-refractivity contribution is -0.383. The Morgan fingerprint density at radius 3 is 2.55 bits per heavy atom. The van der Waals surface area contributed by atoms with Crippen molar-refractivity contribution in [3.8, 4) is 11.5 Å². The average Bonchev–Trinajstić information content (AvgIpc) is 3.31. The van der Waals surface area contributed by atoms with E-state index in [-0.39, 0.29) is 18.3 Å². The quantitative estimate of drug-likeness (QED) is 0.431. The number of aromatic nitrogens is 2. The van der Waals surface area contributed by atoms with Gasteiger partial charge in [-0.15, -0.1) is 0 Å². The van der Waals surface area contributed by atoms with Crippen molar-refractivity contribution in [3.05, 3.63) is 76.1 Å². The van der Waals surface area contributed by atoms with E-state index < -0.39 is 4.92 Å². The number of rotatable bonds is 7. The van der Waals surface area contributed by atoms with Gasteiger partial charge in [0.2, 0.25) is 18.4 Å². The third-order valence-corrected chi connectivity index (χ3v) is 5.80. The summed E-state index contributed by atoms with van der Waals surface area (Å²) in [5.41, 5.74) is 2.06. The number of hydrogen-bond acceptors (Lipinski definition) is 9. The highest BCUT2D eigenvalue weighted by molar-refractivity contribution is 5.70. The predicted octanol–water partition coefficient (Wildman–Crippen LogP) is 3.05. The van der Waals surface area contributed by atoms with E-state index >= 15 is 0 Å². The van der Waals surface area contributed by atoms with E-state index in [2.05, 4.69) is 32.3 Å². The first-order valence-corrected chi connectivity index (χ1v) is 10.8. The lowest BCUT2D eigenvalue weighted by Gasteiger charge is -2.35. The normalized spacial score (nSPS) is 15.5. The molecule has 10 heteroatoms. The summed E-state index contributed by atoms with van der Waals surface area (Å²) in [5, 5.41) is 15.1. The number of piperazine rings is 1. The highest BCUT2D eigenvalue weighted by Gasteiger charge is 2.29. The van der Waals surface area contributed by atoms with Crippen LogP contribution in [0.25, 0.3) is 0 Å². The van der Waals surface area contributed by atoms with Gasteiger partial charge in [0.05, 0.1) is 4.92 Å². The molecule has 0 unspecified atom stereocenters. The average molecular weight is 448 g/mol. The van der Waals surface area contributed by atoms with Crippen LogP contribution in [-0.4, -0.2) is 52.8 Å². The van der Waals surface area contributed by atoms with Crippen LogP contribution in [0.2, 0.25) is 0 Å². The molecule has 1 N–H and O–H groups in total. The summed E-state index contributed by atoms with van der Waals surface area (Å²) in [6.07, 6.45) is 1.38. The zero-order valence-electron chi connectivity index (χ0n) is 18.0. The Morgan fingerprint density at radius 1 is 0.970 bits per heavy atom. The van der Waals surface area contributed by atoms with Gasteiger partial charge in [-0.2, -0.15) is 0 Å². The van der Waals surface area contributed by atoms with Crippen molar-refractivity contribution in [2.24, 2.45) is 0 Å². The topological polar surface area (TPSA) is 106 Å². The minimum atomic E-state index is -0.409. The first-order valence-electron chi connectivity index (χ1n) is 10.8. The largest absolute Gasteiger partial charge is 0.454 e. The Kier molecular flexibility index (Phi) is 5.90. The summed E-state index contributed by atoms with van der Waals surface area (Å²) >= 11 is 0. The second-order valence-electron chi connectivity index (χ2n) is 7.94. The van der Waals surface area contributed by atoms with E-state index in [0.717, 1.165) is 25.2 Å². The Balaban J connectivity index is 1.27. The molecule has 3 heterocycles. The molecule has 0 aliphatic carbocycles. The van der Waals surface area contributed by atoms with E-state index in [4.69, 9.17) is 9.47 Å². The zero-order valence-corrected chi connectivity index (χ0v) is 18.0. The van der Waals surface area contributed by atoms with Gasteiger partial charge in [0.1, 0.15) is 6.33 Å². The molecule has 1 saturated heterocycles. The standard InChI is InChI=1S/C23H24N6O4/c30-29(31)21-22(24-13-18-6-7-19-20(12-18)33-16-32-19)25-15-26-23(21)28-10-8-27(9-11-28)14-17-4-2-1-3-5-17/h1-7,12,15H,8-11,13-14,16H2,(H,24,25,26). The van der Waals surface area contributed by atoms with Crippen molar-refractivity contribution in [2.75, 3.05) is 43.2 Å². The smallest absolute Gasteiger partial charge is 0.353 e. The van der Waals surface area contributed by atoms with Crippen molar-refractivity contribution >= 4 is 17.3 Å². The maximum absolute atomic E-state index is 12.0. The minimum Gasteiger partial charge on any atom is -0.454 e. The summed E-state index contributed by atoms with van der Waals surface area (Å²) in [4.78, 5) is 24.3. The monoisotopic (exact) mass is 448 g/mol. The molecule has 3 aromatic rings. The number of hydrogen-bond donors (Lipinski definition) is 1. The molecule has 0 atom stereocenters. The highest BCUT2D eigenvalue weighted by atomic mass is 16.7. The molecule has 2 aliphatic rings. The number of fused-ring (bicyclic) bond motifs is 1. The minimum absolute atomic E-state index is 0.102. The van der Waals surface area contributed by atoms with E-state index in [1.165, 1.54) is 11.9 Å². The first-order chi connectivity index (χ1) is 16.2. The third kappa shape index (κ3) is 4.65. The van der Waals surface area contributed by atoms with Gasteiger partial charge in [-0.3, -0.25) is 15.0 Å². The van der Waals surface area contributed by atoms with Gasteiger partial charge in [-0.05, 0) is 23.3 Å². The fraction of sp³-hybridized carbons (Fsp3) is 0.304. The molecule has 170 valence electrons. The lowest BCUT2D eigenvalue weighted by atomic mass is 10.2. The van der Waals surface area contributed by atoms with Crippen molar-refractivity contribution in [1.82, 2.24) is 14.9 Å². The van der Waals surface area contributed by atoms with E-state index in [9.17, 15) is 10.1 Å². The highest BCUT2D eigenvalue weighted by Crippen LogP contribution is 2.34. The molecule has 5 rings (SSSR count). The Bertz CT molecular complexity index is 1140. The van der Waals surface area contributed by atoms with Crippen molar-refractivity contribution < 1.29 is 14.4 Å². The van der Waals surface area contributed by atoms with E-state index in [1.54, 1.807) is 0 Å². The maximum atomic E-state index is 12.0. The van der Waals surface area contributed by atoms with Gasteiger partial charge in [-0.1, -0.05) is 36.4 Å². The van der Waals surface area contributed by atoms with Gasteiger partial charge >= 0.3 is 5.69 Å². The van der Waals surface area contributed by atoms with Crippen LogP contribution >= 0.6 is 0 Å². The van der Waals surface area contributed by atoms with E-state index in [0.29, 0.717) is 37.0 Å². The second kappa shape index (κ2) is 9.29. The Morgan fingerprint density at radius 2 is 1.76 bits per heavy atom. The van der Waals surface area contributed by atoms with Gasteiger partial charge in [0.15, 0.2) is 11.5 Å². The second-order valence-corrected chi connectivity index (χ2v) is 7.94. The summed E-state index contributed by atoms with van der Waals surface area (Å²) in [6.45, 7) is 4.35. The number of ether oxygens (including phenoxy) is 2. The molecule has 0 bridgehead atoms. The third-order valence-electron chi connectivity index (χ3n) is 5.80. The van der Waals surface area contributed by atoms with Crippen molar-refractivity contribution in [3.63, 3.8) is 0 Å². The van der Waals surface area contributed by atoms with Gasteiger partial charge < -0.3 is 19.7 Å². The number of nitrogens with zero attached hydrogens (tertiary/aromatic N) is 5. The van der Waals surface area contributed by atoms with Crippen LogP contribution < -0.4 is 19.7 Å². The fourth-order valence-electron chi connectivity index (χ4n) is 4.09. The van der Waals surface area contributed by atoms with Crippen LogP contribution in [0.5, 0.6) is 11.5 Å². The van der Waals surface area contributed by atoms with Crippen molar-refractivity contribution in [2.45, 2.75) is 13.1 Å². The van der Waals surface area contributed by atoms with Crippen LogP contribution in [0.4, 0.5) is 17.3 Å². The molecule has 2 aliphatic heterocycles. The van der Waals surface area contributed by atoms with Crippen LogP contribution in [0, 0.1) is 10.1 Å². The number of nitrogens with one attached hydrogen (secondary N) is 1. The summed E-state index contributed by atoms with van der Waals surface area (Å²) < 4.78 is 10.7. The van der Waals surface area contributed by atoms with Crippen LogP contribution in [0.3, 0.4) is 0 Å². The predicted molar refractivity (Wildman–Crippen MR) is 123 cm³/mol. The molecular formula is C23H24N6O4. The number of anilines is 2. The molecule has 0 saturated carbocycles. The maximum Gasteiger partial charge on any atom is 0.353 e. The summed E-state index contributed by atoms with van der Waals surface area (Å²) in [7, 11) is 0. The molecule has 0 spiro atoms. The zero-order chi connectivity index (χ0) is 22.6. The van der Waals surface area contributed by atoms with E-state index in [1.807, 2.05) is 41.3 Å².